The molecule has 2 aromatic carbocycles. The van der Waals surface area contributed by atoms with Crippen LogP contribution in [0.3, 0.4) is 0 Å². The fourth-order valence-corrected chi connectivity index (χ4v) is 4.63. The van der Waals surface area contributed by atoms with E-state index in [4.69, 9.17) is 5.73 Å². The zero-order valence-corrected chi connectivity index (χ0v) is 16.3. The molecule has 1 aliphatic heterocycles. The van der Waals surface area contributed by atoms with Crippen LogP contribution in [0.25, 0.3) is 10.4 Å². The van der Waals surface area contributed by atoms with Gasteiger partial charge in [0.1, 0.15) is 0 Å². The third-order valence-electron chi connectivity index (χ3n) is 5.46. The average molecular weight is 391 g/mol. The minimum absolute atomic E-state index is 0.0453. The van der Waals surface area contributed by atoms with Gasteiger partial charge < -0.3 is 10.6 Å². The van der Waals surface area contributed by atoms with Crippen LogP contribution in [-0.2, 0) is 11.2 Å². The number of primary amides is 1. The van der Waals surface area contributed by atoms with Gasteiger partial charge in [-0.15, -0.1) is 11.3 Å². The number of benzene rings is 2. The fourth-order valence-electron chi connectivity index (χ4n) is 3.91. The summed E-state index contributed by atoms with van der Waals surface area (Å²) in [6, 6.07) is 21.5. The largest absolute Gasteiger partial charge is 0.369 e. The van der Waals surface area contributed by atoms with Gasteiger partial charge in [-0.05, 0) is 47.5 Å². The molecular formula is C23H22N2O2S. The predicted molar refractivity (Wildman–Crippen MR) is 112 cm³/mol. The first-order chi connectivity index (χ1) is 13.6. The quantitative estimate of drug-likeness (QED) is 0.716. The Balaban J connectivity index is 1.56. The second kappa shape index (κ2) is 7.60. The zero-order valence-electron chi connectivity index (χ0n) is 15.5. The molecule has 28 heavy (non-hydrogen) atoms. The number of carbonyl (C=O) groups excluding carboxylic acids is 2. The second-order valence-electron chi connectivity index (χ2n) is 7.34. The van der Waals surface area contributed by atoms with Crippen LogP contribution >= 0.6 is 11.3 Å². The lowest BCUT2D eigenvalue weighted by Crippen LogP contribution is -2.42. The maximum Gasteiger partial charge on any atom is 0.253 e. The van der Waals surface area contributed by atoms with Gasteiger partial charge >= 0.3 is 0 Å². The molecular weight excluding hydrogens is 368 g/mol. The van der Waals surface area contributed by atoms with Crippen molar-refractivity contribution < 1.29 is 9.59 Å². The molecule has 4 nitrogen and oxygen atoms in total. The van der Waals surface area contributed by atoms with Gasteiger partial charge in [-0.1, -0.05) is 48.5 Å². The summed E-state index contributed by atoms with van der Waals surface area (Å²) in [6.07, 6.45) is 1.13. The van der Waals surface area contributed by atoms with Gasteiger partial charge in [0, 0.05) is 23.5 Å². The Morgan fingerprint density at radius 2 is 1.86 bits per heavy atom. The van der Waals surface area contributed by atoms with Crippen molar-refractivity contribution in [2.75, 3.05) is 13.1 Å². The van der Waals surface area contributed by atoms with Gasteiger partial charge in [0.05, 0.1) is 5.41 Å². The highest BCUT2D eigenvalue weighted by Crippen LogP contribution is 2.36. The molecule has 0 radical (unpaired) electrons. The van der Waals surface area contributed by atoms with Crippen LogP contribution in [0.4, 0.5) is 0 Å². The van der Waals surface area contributed by atoms with E-state index in [0.29, 0.717) is 31.5 Å². The van der Waals surface area contributed by atoms with Crippen LogP contribution in [0.1, 0.15) is 22.3 Å². The number of carbonyl (C=O) groups is 2. The Morgan fingerprint density at radius 3 is 2.57 bits per heavy atom. The predicted octanol–water partition coefficient (Wildman–Crippen LogP) is 3.98. The van der Waals surface area contributed by atoms with Crippen LogP contribution in [0.2, 0.25) is 0 Å². The van der Waals surface area contributed by atoms with Crippen molar-refractivity contribution in [1.82, 2.24) is 4.90 Å². The molecule has 142 valence electrons. The molecule has 0 bridgehead atoms. The summed E-state index contributed by atoms with van der Waals surface area (Å²) in [5.74, 6) is -0.381. The van der Waals surface area contributed by atoms with Crippen LogP contribution in [0.15, 0.2) is 72.1 Å². The minimum atomic E-state index is -0.724. The summed E-state index contributed by atoms with van der Waals surface area (Å²) < 4.78 is 0. The summed E-state index contributed by atoms with van der Waals surface area (Å²) in [5, 5.41) is 2.05. The van der Waals surface area contributed by atoms with E-state index in [2.05, 4.69) is 23.6 Å². The van der Waals surface area contributed by atoms with Crippen molar-refractivity contribution in [2.24, 2.45) is 11.1 Å². The summed E-state index contributed by atoms with van der Waals surface area (Å²) in [6.45, 7) is 0.903. The maximum atomic E-state index is 12.8. The molecule has 5 heteroatoms. The number of nitrogens with zero attached hydrogens (tertiary/aromatic N) is 1. The highest BCUT2D eigenvalue weighted by atomic mass is 32.1. The Hall–Kier alpha value is -2.92. The maximum absolute atomic E-state index is 12.8. The van der Waals surface area contributed by atoms with Crippen molar-refractivity contribution in [3.05, 3.63) is 83.2 Å². The third-order valence-corrected chi connectivity index (χ3v) is 6.38. The van der Waals surface area contributed by atoms with E-state index in [1.54, 1.807) is 28.4 Å². The molecule has 2 amide bonds. The zero-order chi connectivity index (χ0) is 19.6. The first kappa shape index (κ1) is 18.4. The highest BCUT2D eigenvalue weighted by Gasteiger charge is 2.44. The number of hydrogen-bond donors (Lipinski definition) is 1. The summed E-state index contributed by atoms with van der Waals surface area (Å²) >= 11 is 1.69. The first-order valence-corrected chi connectivity index (χ1v) is 10.2. The Bertz CT molecular complexity index is 985. The summed E-state index contributed by atoms with van der Waals surface area (Å²) in [4.78, 5) is 28.2. The first-order valence-electron chi connectivity index (χ1n) is 9.34. The molecule has 1 aliphatic rings. The molecule has 0 saturated carbocycles. The fraction of sp³-hybridized carbons (Fsp3) is 0.217. The monoisotopic (exact) mass is 390 g/mol. The van der Waals surface area contributed by atoms with Gasteiger partial charge in [-0.25, -0.2) is 0 Å². The molecule has 4 rings (SSSR count). The molecule has 0 aliphatic carbocycles. The van der Waals surface area contributed by atoms with E-state index >= 15 is 0 Å². The van der Waals surface area contributed by atoms with Crippen LogP contribution < -0.4 is 5.73 Å². The van der Waals surface area contributed by atoms with Gasteiger partial charge in [0.15, 0.2) is 0 Å². The van der Waals surface area contributed by atoms with E-state index in [1.807, 2.05) is 36.4 Å². The lowest BCUT2D eigenvalue weighted by atomic mass is 9.80. The van der Waals surface area contributed by atoms with Crippen molar-refractivity contribution in [1.29, 1.82) is 0 Å². The summed E-state index contributed by atoms with van der Waals surface area (Å²) in [7, 11) is 0. The molecule has 1 saturated heterocycles. The Kier molecular flexibility index (Phi) is 5.01. The molecule has 2 N–H and O–H groups in total. The highest BCUT2D eigenvalue weighted by molar-refractivity contribution is 7.13. The van der Waals surface area contributed by atoms with Gasteiger partial charge in [0.25, 0.3) is 5.91 Å². The van der Waals surface area contributed by atoms with Crippen molar-refractivity contribution >= 4 is 23.2 Å². The SMILES string of the molecule is NC(=O)[C@@]1(Cc2cccc(-c3cccs3)c2)CCN(C(=O)c2ccccc2)C1. The van der Waals surface area contributed by atoms with Crippen LogP contribution in [0.5, 0.6) is 0 Å². The van der Waals surface area contributed by atoms with Crippen molar-refractivity contribution in [2.45, 2.75) is 12.8 Å². The molecule has 1 aromatic heterocycles. The summed E-state index contributed by atoms with van der Waals surface area (Å²) in [5.41, 5.74) is 7.97. The smallest absolute Gasteiger partial charge is 0.253 e. The van der Waals surface area contributed by atoms with Crippen molar-refractivity contribution in [3.8, 4) is 10.4 Å². The topological polar surface area (TPSA) is 63.4 Å². The molecule has 3 aromatic rings. The lowest BCUT2D eigenvalue weighted by molar-refractivity contribution is -0.126. The van der Waals surface area contributed by atoms with E-state index in [-0.39, 0.29) is 11.8 Å². The minimum Gasteiger partial charge on any atom is -0.369 e. The number of likely N-dealkylation sites (tertiary alicyclic amines) is 1. The van der Waals surface area contributed by atoms with E-state index < -0.39 is 5.41 Å². The molecule has 0 unspecified atom stereocenters. The second-order valence-corrected chi connectivity index (χ2v) is 8.29. The molecule has 1 atom stereocenters. The molecule has 2 heterocycles. The van der Waals surface area contributed by atoms with Crippen molar-refractivity contribution in [3.63, 3.8) is 0 Å². The van der Waals surface area contributed by atoms with Gasteiger partial charge in [0.2, 0.25) is 5.91 Å². The number of nitrogens with two attached hydrogens (primary N) is 1. The number of rotatable bonds is 5. The Labute approximate surface area is 168 Å². The Morgan fingerprint density at radius 1 is 1.04 bits per heavy atom. The van der Waals surface area contributed by atoms with Gasteiger partial charge in [-0.2, -0.15) is 0 Å². The van der Waals surface area contributed by atoms with E-state index in [1.165, 1.54) is 4.88 Å². The van der Waals surface area contributed by atoms with E-state index in [0.717, 1.165) is 11.1 Å². The van der Waals surface area contributed by atoms with Crippen LogP contribution in [-0.4, -0.2) is 29.8 Å². The molecule has 0 spiro atoms. The number of hydrogen-bond acceptors (Lipinski definition) is 3. The van der Waals surface area contributed by atoms with E-state index in [9.17, 15) is 9.59 Å². The molecule has 1 fully saturated rings. The normalized spacial score (nSPS) is 18.9. The lowest BCUT2D eigenvalue weighted by Gasteiger charge is -2.26. The number of amides is 2. The number of thiophene rings is 1. The van der Waals surface area contributed by atoms with Crippen LogP contribution in [0, 0.1) is 5.41 Å². The third kappa shape index (κ3) is 3.58. The average Bonchev–Trinajstić information content (AvgIpc) is 3.39. The standard InChI is InChI=1S/C23H22N2O2S/c24-22(27)23(11-12-25(16-23)21(26)18-7-2-1-3-8-18)15-17-6-4-9-19(14-17)20-10-5-13-28-20/h1-10,13-14H,11-12,15-16H2,(H2,24,27)/t23-/m1/s1. The van der Waals surface area contributed by atoms with Gasteiger partial charge in [-0.3, -0.25) is 9.59 Å².